The topological polar surface area (TPSA) is 95.9 Å². The number of benzene rings is 1. The third kappa shape index (κ3) is 6.67. The molecule has 1 fully saturated rings. The average Bonchev–Trinajstić information content (AvgIpc) is 2.62. The van der Waals surface area contributed by atoms with E-state index >= 15 is 0 Å². The summed E-state index contributed by atoms with van der Waals surface area (Å²) in [6.07, 6.45) is 1.39. The second kappa shape index (κ2) is 10.1. The summed E-state index contributed by atoms with van der Waals surface area (Å²) in [5.41, 5.74) is 1.95. The molecule has 1 atom stereocenters. The number of carbonyl (C=O) groups excluding carboxylic acids is 2. The van der Waals surface area contributed by atoms with Gasteiger partial charge in [0, 0.05) is 32.7 Å². The molecule has 0 bridgehead atoms. The van der Waals surface area contributed by atoms with Crippen molar-refractivity contribution in [1.29, 1.82) is 0 Å². The number of aryl methyl sites for hydroxylation is 1. The van der Waals surface area contributed by atoms with Crippen LogP contribution in [0.25, 0.3) is 0 Å². The van der Waals surface area contributed by atoms with Crippen molar-refractivity contribution >= 4 is 17.8 Å². The predicted molar refractivity (Wildman–Crippen MR) is 100 cm³/mol. The van der Waals surface area contributed by atoms with Crippen LogP contribution in [0.1, 0.15) is 49.8 Å². The summed E-state index contributed by atoms with van der Waals surface area (Å²) >= 11 is 0. The Balaban J connectivity index is 2.15. The predicted octanol–water partition coefficient (Wildman–Crippen LogP) is 2.04. The number of ether oxygens (including phenoxy) is 1. The summed E-state index contributed by atoms with van der Waals surface area (Å²) in [6, 6.07) is 7.22. The minimum absolute atomic E-state index is 0.0263. The zero-order valence-electron chi connectivity index (χ0n) is 15.9. The minimum atomic E-state index is -0.934. The zero-order valence-corrected chi connectivity index (χ0v) is 15.9. The van der Waals surface area contributed by atoms with E-state index in [-0.39, 0.29) is 37.2 Å². The number of hydrogen-bond donors (Lipinski definition) is 2. The molecule has 1 aromatic carbocycles. The number of carbonyl (C=O) groups is 3. The van der Waals surface area contributed by atoms with Crippen LogP contribution >= 0.6 is 0 Å². The molecule has 1 aromatic rings. The van der Waals surface area contributed by atoms with Crippen molar-refractivity contribution in [2.24, 2.45) is 0 Å². The standard InChI is InChI=1S/C20H28N2O5/c1-14-3-5-16(6-4-14)18(21-15(2)23)13-19(24)22(10-7-20(25)26)17-8-11-27-12-9-17/h3-6,17-18H,7-13H2,1-2H3,(H,21,23)(H,25,26)/t18-/m1/s1. The number of hydrogen-bond acceptors (Lipinski definition) is 4. The van der Waals surface area contributed by atoms with Crippen LogP contribution in [0.4, 0.5) is 0 Å². The van der Waals surface area contributed by atoms with Gasteiger partial charge in [-0.15, -0.1) is 0 Å². The van der Waals surface area contributed by atoms with Crippen LogP contribution in [0, 0.1) is 6.92 Å². The quantitative estimate of drug-likeness (QED) is 0.724. The Kier molecular flexibility index (Phi) is 7.79. The molecule has 27 heavy (non-hydrogen) atoms. The van der Waals surface area contributed by atoms with Gasteiger partial charge in [0.1, 0.15) is 0 Å². The minimum Gasteiger partial charge on any atom is -0.481 e. The second-order valence-electron chi connectivity index (χ2n) is 6.94. The van der Waals surface area contributed by atoms with E-state index in [0.29, 0.717) is 26.1 Å². The summed E-state index contributed by atoms with van der Waals surface area (Å²) in [6.45, 7) is 4.69. The van der Waals surface area contributed by atoms with E-state index in [1.165, 1.54) is 6.92 Å². The van der Waals surface area contributed by atoms with E-state index in [2.05, 4.69) is 5.32 Å². The Labute approximate surface area is 159 Å². The number of amides is 2. The Bertz CT molecular complexity index is 653. The van der Waals surface area contributed by atoms with Gasteiger partial charge in [-0.3, -0.25) is 14.4 Å². The molecule has 7 nitrogen and oxygen atoms in total. The average molecular weight is 376 g/mol. The molecule has 0 aromatic heterocycles. The summed E-state index contributed by atoms with van der Waals surface area (Å²) in [5.74, 6) is -1.30. The molecule has 1 aliphatic rings. The lowest BCUT2D eigenvalue weighted by Crippen LogP contribution is -2.45. The van der Waals surface area contributed by atoms with E-state index in [1.54, 1.807) is 4.90 Å². The first-order chi connectivity index (χ1) is 12.9. The Morgan fingerprint density at radius 1 is 1.22 bits per heavy atom. The molecule has 2 amide bonds. The fourth-order valence-electron chi connectivity index (χ4n) is 3.31. The van der Waals surface area contributed by atoms with Crippen LogP contribution in [-0.4, -0.2) is 53.6 Å². The van der Waals surface area contributed by atoms with E-state index in [9.17, 15) is 14.4 Å². The van der Waals surface area contributed by atoms with Gasteiger partial charge in [-0.25, -0.2) is 0 Å². The molecular weight excluding hydrogens is 348 g/mol. The summed E-state index contributed by atoms with van der Waals surface area (Å²) in [5, 5.41) is 11.9. The van der Waals surface area contributed by atoms with E-state index < -0.39 is 12.0 Å². The zero-order chi connectivity index (χ0) is 19.8. The Morgan fingerprint density at radius 2 is 1.85 bits per heavy atom. The summed E-state index contributed by atoms with van der Waals surface area (Å²) in [7, 11) is 0. The monoisotopic (exact) mass is 376 g/mol. The van der Waals surface area contributed by atoms with Gasteiger partial charge in [0.05, 0.1) is 18.9 Å². The third-order valence-corrected chi connectivity index (χ3v) is 4.75. The van der Waals surface area contributed by atoms with Crippen molar-refractivity contribution in [3.63, 3.8) is 0 Å². The van der Waals surface area contributed by atoms with E-state index in [4.69, 9.17) is 9.84 Å². The lowest BCUT2D eigenvalue weighted by Gasteiger charge is -2.35. The normalized spacial score (nSPS) is 15.8. The molecule has 1 aliphatic heterocycles. The number of nitrogens with zero attached hydrogens (tertiary/aromatic N) is 1. The Morgan fingerprint density at radius 3 is 2.41 bits per heavy atom. The van der Waals surface area contributed by atoms with Gasteiger partial charge in [-0.1, -0.05) is 29.8 Å². The van der Waals surface area contributed by atoms with Crippen LogP contribution in [0.2, 0.25) is 0 Å². The molecule has 0 radical (unpaired) electrons. The van der Waals surface area contributed by atoms with E-state index in [1.807, 2.05) is 31.2 Å². The molecule has 1 saturated heterocycles. The van der Waals surface area contributed by atoms with Crippen LogP contribution in [0.5, 0.6) is 0 Å². The van der Waals surface area contributed by atoms with Crippen LogP contribution in [-0.2, 0) is 19.1 Å². The molecule has 7 heteroatoms. The van der Waals surface area contributed by atoms with Crippen LogP contribution in [0.3, 0.4) is 0 Å². The van der Waals surface area contributed by atoms with Gasteiger partial charge in [-0.2, -0.15) is 0 Å². The molecule has 0 saturated carbocycles. The maximum absolute atomic E-state index is 13.0. The highest BCUT2D eigenvalue weighted by molar-refractivity contribution is 5.80. The molecule has 2 rings (SSSR count). The summed E-state index contributed by atoms with van der Waals surface area (Å²) in [4.78, 5) is 37.3. The van der Waals surface area contributed by atoms with Crippen molar-refractivity contribution in [2.45, 2.75) is 51.6 Å². The van der Waals surface area contributed by atoms with Crippen molar-refractivity contribution in [1.82, 2.24) is 10.2 Å². The van der Waals surface area contributed by atoms with Gasteiger partial charge in [0.15, 0.2) is 0 Å². The SMILES string of the molecule is CC(=O)N[C@H](CC(=O)N(CCC(=O)O)C1CCOCC1)c1ccc(C)cc1. The maximum Gasteiger partial charge on any atom is 0.305 e. The smallest absolute Gasteiger partial charge is 0.305 e. The molecule has 148 valence electrons. The first-order valence-corrected chi connectivity index (χ1v) is 9.29. The molecule has 0 spiro atoms. The second-order valence-corrected chi connectivity index (χ2v) is 6.94. The molecule has 0 aliphatic carbocycles. The highest BCUT2D eigenvalue weighted by atomic mass is 16.5. The maximum atomic E-state index is 13.0. The highest BCUT2D eigenvalue weighted by Gasteiger charge is 2.28. The van der Waals surface area contributed by atoms with Gasteiger partial charge in [0.25, 0.3) is 0 Å². The molecular formula is C20H28N2O5. The van der Waals surface area contributed by atoms with Gasteiger partial charge < -0.3 is 20.1 Å². The largest absolute Gasteiger partial charge is 0.481 e. The first-order valence-electron chi connectivity index (χ1n) is 9.29. The fourth-order valence-corrected chi connectivity index (χ4v) is 3.31. The van der Waals surface area contributed by atoms with Crippen molar-refractivity contribution in [3.8, 4) is 0 Å². The van der Waals surface area contributed by atoms with Gasteiger partial charge >= 0.3 is 5.97 Å². The number of rotatable bonds is 8. The fraction of sp³-hybridized carbons (Fsp3) is 0.550. The molecule has 2 N–H and O–H groups in total. The van der Waals surface area contributed by atoms with Gasteiger partial charge in [0.2, 0.25) is 11.8 Å². The van der Waals surface area contributed by atoms with Crippen molar-refractivity contribution in [3.05, 3.63) is 35.4 Å². The van der Waals surface area contributed by atoms with Crippen molar-refractivity contribution < 1.29 is 24.2 Å². The lowest BCUT2D eigenvalue weighted by molar-refractivity contribution is -0.140. The molecule has 1 heterocycles. The Hall–Kier alpha value is -2.41. The highest BCUT2D eigenvalue weighted by Crippen LogP contribution is 2.22. The van der Waals surface area contributed by atoms with Gasteiger partial charge in [-0.05, 0) is 25.3 Å². The number of aliphatic carboxylic acids is 1. The van der Waals surface area contributed by atoms with E-state index in [0.717, 1.165) is 11.1 Å². The summed E-state index contributed by atoms with van der Waals surface area (Å²) < 4.78 is 5.36. The third-order valence-electron chi connectivity index (χ3n) is 4.75. The van der Waals surface area contributed by atoms with Crippen LogP contribution in [0.15, 0.2) is 24.3 Å². The number of carboxylic acid groups (broad SMARTS) is 1. The van der Waals surface area contributed by atoms with Crippen molar-refractivity contribution in [2.75, 3.05) is 19.8 Å². The first kappa shape index (κ1) is 20.9. The number of nitrogens with one attached hydrogen (secondary N) is 1. The lowest BCUT2D eigenvalue weighted by atomic mass is 10.00. The van der Waals surface area contributed by atoms with Crippen LogP contribution < -0.4 is 5.32 Å². The number of carboxylic acids is 1. The molecule has 0 unspecified atom stereocenters.